The molecule has 33 heavy (non-hydrogen) atoms. The first-order valence-electron chi connectivity index (χ1n) is 12.1. The molecule has 3 aromatic rings. The monoisotopic (exact) mass is 444 g/mol. The van der Waals surface area contributed by atoms with Gasteiger partial charge in [0.2, 0.25) is 0 Å². The molecule has 1 saturated heterocycles. The number of amides is 1. The standard InChI is InChI=1S/C27H32N4O2/c32-27(22-8-2-1-3-9-22)29-26-13-16-28-31(26)23-14-17-30(18-15-23)20-21-7-6-12-25(19-21)33-24-10-4-5-11-24/h1-3,6-9,12-13,16,19,23-24H,4-5,10-11,14-15,17-18,20H2,(H,29,32). The van der Waals surface area contributed by atoms with Crippen LogP contribution in [0.5, 0.6) is 5.75 Å². The van der Waals surface area contributed by atoms with E-state index in [0.29, 0.717) is 17.7 Å². The van der Waals surface area contributed by atoms with Crippen molar-refractivity contribution in [3.63, 3.8) is 0 Å². The van der Waals surface area contributed by atoms with Crippen LogP contribution in [0, 0.1) is 0 Å². The topological polar surface area (TPSA) is 59.4 Å². The van der Waals surface area contributed by atoms with E-state index in [4.69, 9.17) is 4.74 Å². The normalized spacial score (nSPS) is 17.8. The maximum atomic E-state index is 12.6. The summed E-state index contributed by atoms with van der Waals surface area (Å²) in [6.45, 7) is 2.94. The summed E-state index contributed by atoms with van der Waals surface area (Å²) in [5.41, 5.74) is 1.96. The van der Waals surface area contributed by atoms with E-state index >= 15 is 0 Å². The van der Waals surface area contributed by atoms with Gasteiger partial charge in [0.05, 0.1) is 18.3 Å². The number of carbonyl (C=O) groups excluding carboxylic acids is 1. The SMILES string of the molecule is O=C(Nc1ccnn1C1CCN(Cc2cccc(OC3CCCC3)c2)CC1)c1ccccc1. The summed E-state index contributed by atoms with van der Waals surface area (Å²) in [6, 6.07) is 20.1. The Bertz CT molecular complexity index is 1050. The van der Waals surface area contributed by atoms with Gasteiger partial charge in [0.1, 0.15) is 11.6 Å². The number of piperidine rings is 1. The van der Waals surface area contributed by atoms with Crippen LogP contribution >= 0.6 is 0 Å². The average molecular weight is 445 g/mol. The second-order valence-corrected chi connectivity index (χ2v) is 9.16. The zero-order chi connectivity index (χ0) is 22.5. The summed E-state index contributed by atoms with van der Waals surface area (Å²) in [5, 5.41) is 7.55. The molecule has 1 saturated carbocycles. The van der Waals surface area contributed by atoms with Gasteiger partial charge >= 0.3 is 0 Å². The van der Waals surface area contributed by atoms with Crippen molar-refractivity contribution < 1.29 is 9.53 Å². The number of hydrogen-bond donors (Lipinski definition) is 1. The second kappa shape index (κ2) is 10.2. The molecule has 5 rings (SSSR count). The molecule has 2 heterocycles. The lowest BCUT2D eigenvalue weighted by molar-refractivity contribution is 0.102. The third kappa shape index (κ3) is 5.45. The van der Waals surface area contributed by atoms with Gasteiger partial charge < -0.3 is 10.1 Å². The molecule has 0 atom stereocenters. The van der Waals surface area contributed by atoms with E-state index in [2.05, 4.69) is 39.6 Å². The van der Waals surface area contributed by atoms with Crippen LogP contribution in [0.15, 0.2) is 66.9 Å². The number of aromatic nitrogens is 2. The van der Waals surface area contributed by atoms with Gasteiger partial charge in [-0.3, -0.25) is 9.69 Å². The van der Waals surface area contributed by atoms with Crippen molar-refractivity contribution >= 4 is 11.7 Å². The summed E-state index contributed by atoms with van der Waals surface area (Å²) in [4.78, 5) is 15.1. The summed E-state index contributed by atoms with van der Waals surface area (Å²) in [6.07, 6.45) is 9.10. The first kappa shape index (κ1) is 21.7. The maximum absolute atomic E-state index is 12.6. The highest BCUT2D eigenvalue weighted by Gasteiger charge is 2.24. The Morgan fingerprint density at radius 3 is 2.55 bits per heavy atom. The van der Waals surface area contributed by atoms with Crippen LogP contribution in [0.1, 0.15) is 60.5 Å². The molecule has 172 valence electrons. The Morgan fingerprint density at radius 1 is 0.970 bits per heavy atom. The van der Waals surface area contributed by atoms with Gasteiger partial charge in [0.15, 0.2) is 0 Å². The summed E-state index contributed by atoms with van der Waals surface area (Å²) >= 11 is 0. The van der Waals surface area contributed by atoms with Crippen molar-refractivity contribution in [3.8, 4) is 5.75 Å². The molecule has 1 aliphatic carbocycles. The summed E-state index contributed by atoms with van der Waals surface area (Å²) in [5.74, 6) is 1.66. The number of ether oxygens (including phenoxy) is 1. The van der Waals surface area contributed by atoms with Crippen molar-refractivity contribution in [2.24, 2.45) is 0 Å². The highest BCUT2D eigenvalue weighted by molar-refractivity contribution is 6.03. The fraction of sp³-hybridized carbons (Fsp3) is 0.407. The molecule has 2 fully saturated rings. The third-order valence-electron chi connectivity index (χ3n) is 6.76. The van der Waals surface area contributed by atoms with Gasteiger partial charge in [-0.1, -0.05) is 30.3 Å². The molecule has 0 unspecified atom stereocenters. The van der Waals surface area contributed by atoms with E-state index in [1.165, 1.54) is 31.2 Å². The van der Waals surface area contributed by atoms with Crippen molar-refractivity contribution in [1.82, 2.24) is 14.7 Å². The lowest BCUT2D eigenvalue weighted by Gasteiger charge is -2.32. The maximum Gasteiger partial charge on any atom is 0.256 e. The molecule has 6 heteroatoms. The van der Waals surface area contributed by atoms with Gasteiger partial charge in [0.25, 0.3) is 5.91 Å². The minimum atomic E-state index is -0.102. The Kier molecular flexibility index (Phi) is 6.72. The van der Waals surface area contributed by atoms with Crippen LogP contribution in [-0.2, 0) is 6.54 Å². The minimum Gasteiger partial charge on any atom is -0.490 e. The van der Waals surface area contributed by atoms with Gasteiger partial charge in [-0.25, -0.2) is 4.68 Å². The largest absolute Gasteiger partial charge is 0.490 e. The van der Waals surface area contributed by atoms with E-state index in [9.17, 15) is 4.79 Å². The van der Waals surface area contributed by atoms with Crippen LogP contribution < -0.4 is 10.1 Å². The Balaban J connectivity index is 1.15. The predicted molar refractivity (Wildman–Crippen MR) is 129 cm³/mol. The fourth-order valence-corrected chi connectivity index (χ4v) is 4.98. The second-order valence-electron chi connectivity index (χ2n) is 9.16. The van der Waals surface area contributed by atoms with Crippen LogP contribution in [0.3, 0.4) is 0 Å². The van der Waals surface area contributed by atoms with Crippen molar-refractivity contribution in [1.29, 1.82) is 0 Å². The molecule has 6 nitrogen and oxygen atoms in total. The van der Waals surface area contributed by atoms with E-state index in [1.54, 1.807) is 6.20 Å². The summed E-state index contributed by atoms with van der Waals surface area (Å²) in [7, 11) is 0. The average Bonchev–Trinajstić information content (AvgIpc) is 3.53. The third-order valence-corrected chi connectivity index (χ3v) is 6.76. The van der Waals surface area contributed by atoms with E-state index in [1.807, 2.05) is 41.1 Å². The van der Waals surface area contributed by atoms with Gasteiger partial charge in [-0.15, -0.1) is 0 Å². The van der Waals surface area contributed by atoms with Crippen LogP contribution in [0.4, 0.5) is 5.82 Å². The molecule has 0 bridgehead atoms. The molecule has 1 N–H and O–H groups in total. The lowest BCUT2D eigenvalue weighted by Crippen LogP contribution is -2.35. The molecular formula is C27H32N4O2. The van der Waals surface area contributed by atoms with Crippen LogP contribution in [-0.4, -0.2) is 39.8 Å². The predicted octanol–water partition coefficient (Wildman–Crippen LogP) is 5.29. The van der Waals surface area contributed by atoms with Crippen molar-refractivity contribution in [2.75, 3.05) is 18.4 Å². The molecule has 2 aliphatic rings. The number of nitrogens with one attached hydrogen (secondary N) is 1. The lowest BCUT2D eigenvalue weighted by atomic mass is 10.0. The minimum absolute atomic E-state index is 0.102. The molecular weight excluding hydrogens is 412 g/mol. The Morgan fingerprint density at radius 2 is 1.76 bits per heavy atom. The number of likely N-dealkylation sites (tertiary alicyclic amines) is 1. The van der Waals surface area contributed by atoms with E-state index in [0.717, 1.165) is 44.0 Å². The molecule has 0 spiro atoms. The fourth-order valence-electron chi connectivity index (χ4n) is 4.98. The van der Waals surface area contributed by atoms with E-state index in [-0.39, 0.29) is 5.91 Å². The van der Waals surface area contributed by atoms with Gasteiger partial charge in [-0.05, 0) is 68.4 Å². The van der Waals surface area contributed by atoms with Crippen LogP contribution in [0.25, 0.3) is 0 Å². The molecule has 2 aromatic carbocycles. The van der Waals surface area contributed by atoms with Gasteiger partial charge in [-0.2, -0.15) is 5.10 Å². The molecule has 1 amide bonds. The first-order valence-corrected chi connectivity index (χ1v) is 12.1. The zero-order valence-corrected chi connectivity index (χ0v) is 19.0. The zero-order valence-electron chi connectivity index (χ0n) is 19.0. The number of nitrogens with zero attached hydrogens (tertiary/aromatic N) is 3. The first-order chi connectivity index (χ1) is 16.2. The van der Waals surface area contributed by atoms with Crippen molar-refractivity contribution in [2.45, 2.75) is 57.2 Å². The number of carbonyl (C=O) groups is 1. The van der Waals surface area contributed by atoms with Crippen molar-refractivity contribution in [3.05, 3.63) is 78.0 Å². The molecule has 1 aliphatic heterocycles. The van der Waals surface area contributed by atoms with Gasteiger partial charge in [0, 0.05) is 31.3 Å². The Hall–Kier alpha value is -3.12. The molecule has 0 radical (unpaired) electrons. The highest BCUT2D eigenvalue weighted by atomic mass is 16.5. The number of benzene rings is 2. The number of rotatable bonds is 7. The number of hydrogen-bond acceptors (Lipinski definition) is 4. The molecule has 1 aromatic heterocycles. The number of anilines is 1. The quantitative estimate of drug-likeness (QED) is 0.538. The Labute approximate surface area is 195 Å². The smallest absolute Gasteiger partial charge is 0.256 e. The van der Waals surface area contributed by atoms with Crippen LogP contribution in [0.2, 0.25) is 0 Å². The van der Waals surface area contributed by atoms with E-state index < -0.39 is 0 Å². The highest BCUT2D eigenvalue weighted by Crippen LogP contribution is 2.28. The summed E-state index contributed by atoms with van der Waals surface area (Å²) < 4.78 is 8.16.